The number of aromatic amines is 1. The molecule has 0 aliphatic carbocycles. The monoisotopic (exact) mass is 427 g/mol. The SMILES string of the molecule is CNCCC1CCN(C(=O)c2cc(=O)[nH]c3c(Br)cccc23)CC1.Cl. The number of amides is 1. The molecule has 1 aliphatic heterocycles. The summed E-state index contributed by atoms with van der Waals surface area (Å²) in [5.41, 5.74) is 0.919. The number of rotatable bonds is 4. The van der Waals surface area contributed by atoms with E-state index in [0.717, 1.165) is 48.8 Å². The van der Waals surface area contributed by atoms with Crippen molar-refractivity contribution in [3.8, 4) is 0 Å². The van der Waals surface area contributed by atoms with Gasteiger partial charge in [-0.05, 0) is 60.8 Å². The van der Waals surface area contributed by atoms with E-state index in [1.165, 1.54) is 6.07 Å². The number of carbonyl (C=O) groups is 1. The number of nitrogens with zero attached hydrogens (tertiary/aromatic N) is 1. The third-order valence-electron chi connectivity index (χ3n) is 4.76. The van der Waals surface area contributed by atoms with Crippen LogP contribution in [0.2, 0.25) is 0 Å². The highest BCUT2D eigenvalue weighted by Gasteiger charge is 2.25. The molecule has 3 rings (SSSR count). The number of H-pyrrole nitrogens is 1. The predicted octanol–water partition coefficient (Wildman–Crippen LogP) is 3.17. The molecule has 0 bridgehead atoms. The summed E-state index contributed by atoms with van der Waals surface area (Å²) in [6, 6.07) is 7.04. The Balaban J connectivity index is 0.00000225. The van der Waals surface area contributed by atoms with Gasteiger partial charge in [-0.3, -0.25) is 9.59 Å². The first-order valence-corrected chi connectivity index (χ1v) is 9.15. The second-order valence-electron chi connectivity index (χ2n) is 6.34. The molecule has 0 unspecified atom stereocenters. The Morgan fingerprint density at radius 2 is 2.08 bits per heavy atom. The van der Waals surface area contributed by atoms with E-state index in [-0.39, 0.29) is 23.9 Å². The summed E-state index contributed by atoms with van der Waals surface area (Å²) in [4.78, 5) is 29.6. The Hall–Kier alpha value is -1.37. The van der Waals surface area contributed by atoms with E-state index in [1.54, 1.807) is 0 Å². The Bertz CT molecular complexity index is 800. The Morgan fingerprint density at radius 1 is 1.36 bits per heavy atom. The van der Waals surface area contributed by atoms with Gasteiger partial charge in [-0.25, -0.2) is 0 Å². The second-order valence-corrected chi connectivity index (χ2v) is 7.19. The Kier molecular flexibility index (Phi) is 7.04. The van der Waals surface area contributed by atoms with E-state index in [9.17, 15) is 9.59 Å². The van der Waals surface area contributed by atoms with Crippen molar-refractivity contribution in [2.24, 2.45) is 5.92 Å². The van der Waals surface area contributed by atoms with Gasteiger partial charge in [-0.1, -0.05) is 12.1 Å². The molecule has 1 fully saturated rings. The summed E-state index contributed by atoms with van der Waals surface area (Å²) < 4.78 is 0.789. The lowest BCUT2D eigenvalue weighted by molar-refractivity contribution is 0.0689. The number of hydrogen-bond donors (Lipinski definition) is 2. The van der Waals surface area contributed by atoms with Crippen molar-refractivity contribution < 1.29 is 4.79 Å². The van der Waals surface area contributed by atoms with Crippen LogP contribution < -0.4 is 10.9 Å². The van der Waals surface area contributed by atoms with Gasteiger partial charge in [0.1, 0.15) is 0 Å². The smallest absolute Gasteiger partial charge is 0.254 e. The lowest BCUT2D eigenvalue weighted by Gasteiger charge is -2.32. The van der Waals surface area contributed by atoms with E-state index in [2.05, 4.69) is 26.2 Å². The molecule has 25 heavy (non-hydrogen) atoms. The summed E-state index contributed by atoms with van der Waals surface area (Å²) in [6.45, 7) is 2.54. The fourth-order valence-electron chi connectivity index (χ4n) is 3.36. The molecule has 1 saturated heterocycles. The maximum Gasteiger partial charge on any atom is 0.254 e. The normalized spacial score (nSPS) is 15.2. The van der Waals surface area contributed by atoms with Crippen LogP contribution in [0.3, 0.4) is 0 Å². The number of hydrogen-bond acceptors (Lipinski definition) is 3. The zero-order valence-corrected chi connectivity index (χ0v) is 16.6. The quantitative estimate of drug-likeness (QED) is 0.786. The van der Waals surface area contributed by atoms with Gasteiger partial charge in [0.2, 0.25) is 5.56 Å². The molecule has 7 heteroatoms. The molecule has 1 amide bonds. The first-order chi connectivity index (χ1) is 11.6. The summed E-state index contributed by atoms with van der Waals surface area (Å²) in [5, 5.41) is 3.97. The van der Waals surface area contributed by atoms with Gasteiger partial charge in [-0.2, -0.15) is 0 Å². The van der Waals surface area contributed by atoms with Crippen LogP contribution in [0.25, 0.3) is 10.9 Å². The molecule has 2 aromatic rings. The first-order valence-electron chi connectivity index (χ1n) is 8.35. The lowest BCUT2D eigenvalue weighted by atomic mass is 9.93. The summed E-state index contributed by atoms with van der Waals surface area (Å²) in [7, 11) is 1.97. The number of fused-ring (bicyclic) bond motifs is 1. The van der Waals surface area contributed by atoms with Crippen LogP contribution >= 0.6 is 28.3 Å². The van der Waals surface area contributed by atoms with E-state index < -0.39 is 0 Å². The summed E-state index contributed by atoms with van der Waals surface area (Å²) in [5.74, 6) is 0.628. The maximum absolute atomic E-state index is 12.9. The fourth-order valence-corrected chi connectivity index (χ4v) is 3.83. The number of piperidine rings is 1. The van der Waals surface area contributed by atoms with Crippen molar-refractivity contribution in [2.45, 2.75) is 19.3 Å². The lowest BCUT2D eigenvalue weighted by Crippen LogP contribution is -2.39. The Labute approximate surface area is 161 Å². The molecular weight excluding hydrogens is 406 g/mol. The van der Waals surface area contributed by atoms with Crippen molar-refractivity contribution >= 4 is 45.1 Å². The van der Waals surface area contributed by atoms with E-state index in [4.69, 9.17) is 0 Å². The van der Waals surface area contributed by atoms with Crippen molar-refractivity contribution in [2.75, 3.05) is 26.7 Å². The average Bonchev–Trinajstić information content (AvgIpc) is 2.60. The van der Waals surface area contributed by atoms with Crippen LogP contribution in [-0.2, 0) is 0 Å². The molecule has 136 valence electrons. The average molecular weight is 429 g/mol. The van der Waals surface area contributed by atoms with Crippen molar-refractivity contribution in [3.63, 3.8) is 0 Å². The van der Waals surface area contributed by atoms with Gasteiger partial charge >= 0.3 is 0 Å². The van der Waals surface area contributed by atoms with Crippen molar-refractivity contribution in [3.05, 3.63) is 44.7 Å². The number of aromatic nitrogens is 1. The second kappa shape index (κ2) is 8.83. The van der Waals surface area contributed by atoms with Gasteiger partial charge in [0.05, 0.1) is 11.1 Å². The van der Waals surface area contributed by atoms with Gasteiger partial charge in [-0.15, -0.1) is 12.4 Å². The van der Waals surface area contributed by atoms with Crippen LogP contribution in [0.4, 0.5) is 0 Å². The van der Waals surface area contributed by atoms with Gasteiger partial charge in [0.25, 0.3) is 5.91 Å². The highest BCUT2D eigenvalue weighted by Crippen LogP contribution is 2.26. The number of benzene rings is 1. The summed E-state index contributed by atoms with van der Waals surface area (Å²) >= 11 is 3.44. The molecular formula is C18H23BrClN3O2. The van der Waals surface area contributed by atoms with Crippen molar-refractivity contribution in [1.82, 2.24) is 15.2 Å². The topological polar surface area (TPSA) is 65.2 Å². The number of likely N-dealkylation sites (tertiary alicyclic amines) is 1. The molecule has 5 nitrogen and oxygen atoms in total. The van der Waals surface area contributed by atoms with E-state index in [1.807, 2.05) is 30.1 Å². The minimum Gasteiger partial charge on any atom is -0.339 e. The van der Waals surface area contributed by atoms with E-state index >= 15 is 0 Å². The molecule has 0 saturated carbocycles. The third kappa shape index (κ3) is 4.43. The predicted molar refractivity (Wildman–Crippen MR) is 107 cm³/mol. The summed E-state index contributed by atoms with van der Waals surface area (Å²) in [6.07, 6.45) is 3.20. The standard InChI is InChI=1S/C18H22BrN3O2.ClH/c1-20-8-5-12-6-9-22(10-7-12)18(24)14-11-16(23)21-17-13(14)3-2-4-15(17)19;/h2-4,11-12,20H,5-10H2,1H3,(H,21,23);1H. The largest absolute Gasteiger partial charge is 0.339 e. The minimum atomic E-state index is -0.248. The van der Waals surface area contributed by atoms with Crippen molar-refractivity contribution in [1.29, 1.82) is 0 Å². The molecule has 1 aliphatic rings. The highest BCUT2D eigenvalue weighted by molar-refractivity contribution is 9.10. The first kappa shape index (κ1) is 19.9. The van der Waals surface area contributed by atoms with Crippen LogP contribution in [-0.4, -0.2) is 42.5 Å². The van der Waals surface area contributed by atoms with Crippen LogP contribution in [0.1, 0.15) is 29.6 Å². The van der Waals surface area contributed by atoms with E-state index in [0.29, 0.717) is 17.0 Å². The zero-order chi connectivity index (χ0) is 17.1. The number of para-hydroxylation sites is 1. The van der Waals surface area contributed by atoms with Gasteiger partial charge in [0.15, 0.2) is 0 Å². The molecule has 1 aromatic heterocycles. The van der Waals surface area contributed by atoms with Gasteiger partial charge < -0.3 is 15.2 Å². The zero-order valence-electron chi connectivity index (χ0n) is 14.2. The molecule has 2 heterocycles. The highest BCUT2D eigenvalue weighted by atomic mass is 79.9. The molecule has 2 N–H and O–H groups in total. The number of nitrogens with one attached hydrogen (secondary N) is 2. The molecule has 0 spiro atoms. The van der Waals surface area contributed by atoms with Crippen LogP contribution in [0.5, 0.6) is 0 Å². The number of pyridine rings is 1. The maximum atomic E-state index is 12.9. The third-order valence-corrected chi connectivity index (χ3v) is 5.42. The fraction of sp³-hybridized carbons (Fsp3) is 0.444. The van der Waals surface area contributed by atoms with Crippen LogP contribution in [0.15, 0.2) is 33.5 Å². The number of carbonyl (C=O) groups excluding carboxylic acids is 1. The number of halogens is 2. The minimum absolute atomic E-state index is 0. The molecule has 0 atom stereocenters. The molecule has 1 aromatic carbocycles. The molecule has 0 radical (unpaired) electrons. The van der Waals surface area contributed by atoms with Gasteiger partial charge in [0, 0.05) is 29.0 Å². The van der Waals surface area contributed by atoms with Crippen LogP contribution in [0, 0.1) is 5.92 Å². The Morgan fingerprint density at radius 3 is 2.76 bits per heavy atom.